The monoisotopic (exact) mass is 458 g/mol. The van der Waals surface area contributed by atoms with E-state index in [4.69, 9.17) is 9.47 Å². The third kappa shape index (κ3) is 4.62. The number of phenolic OH excluding ortho intramolecular Hbond substituents is 2. The molecule has 0 amide bonds. The van der Waals surface area contributed by atoms with Gasteiger partial charge in [0.05, 0.1) is 13.1 Å². The number of phenols is 2. The van der Waals surface area contributed by atoms with Gasteiger partial charge in [-0.1, -0.05) is 31.2 Å². The van der Waals surface area contributed by atoms with Gasteiger partial charge in [0, 0.05) is 29.5 Å². The summed E-state index contributed by atoms with van der Waals surface area (Å²) in [4.78, 5) is 1.63. The van der Waals surface area contributed by atoms with Crippen LogP contribution in [-0.4, -0.2) is 36.5 Å². The minimum Gasteiger partial charge on any atom is -0.508 e. The lowest BCUT2D eigenvalue weighted by Gasteiger charge is -2.31. The highest BCUT2D eigenvalue weighted by atomic mass is 16.5. The molecule has 3 aromatic rings. The van der Waals surface area contributed by atoms with Crippen LogP contribution in [0.15, 0.2) is 66.7 Å². The maximum Gasteiger partial charge on any atom is 0.150 e. The second kappa shape index (κ2) is 9.43. The standard InChI is InChI=1S/C29H31NO4/c1-19-13-14-30(18-19)15-16-33-25-10-5-22(6-11-25)29-28(21-3-7-23(31)8-4-21)20(2)26-12-9-24(32)17-27(26)34-29/h3-12,17,19,29,31-32H,13-16,18H2,1-2H3/p+1/t19-,29+/m1/s1. The summed E-state index contributed by atoms with van der Waals surface area (Å²) in [7, 11) is 0. The predicted octanol–water partition coefficient (Wildman–Crippen LogP) is 4.47. The molecular weight excluding hydrogens is 426 g/mol. The van der Waals surface area contributed by atoms with Crippen LogP contribution in [0.1, 0.15) is 43.1 Å². The largest absolute Gasteiger partial charge is 0.508 e. The minimum atomic E-state index is -0.344. The van der Waals surface area contributed by atoms with Crippen LogP contribution in [-0.2, 0) is 0 Å². The Labute approximate surface area is 200 Å². The molecule has 2 aliphatic heterocycles. The van der Waals surface area contributed by atoms with E-state index in [9.17, 15) is 10.2 Å². The number of allylic oxidation sites excluding steroid dienone is 1. The molecule has 0 bridgehead atoms. The Balaban J connectivity index is 1.39. The molecule has 3 aromatic carbocycles. The molecule has 1 unspecified atom stereocenters. The second-order valence-corrected chi connectivity index (χ2v) is 9.53. The summed E-state index contributed by atoms with van der Waals surface area (Å²) in [6, 6.07) is 20.5. The fraction of sp³-hybridized carbons (Fsp3) is 0.310. The molecule has 5 rings (SSSR count). The van der Waals surface area contributed by atoms with Gasteiger partial charge in [0.25, 0.3) is 0 Å². The first-order valence-corrected chi connectivity index (χ1v) is 12.0. The van der Waals surface area contributed by atoms with E-state index in [0.29, 0.717) is 12.4 Å². The molecule has 0 aromatic heterocycles. The number of hydrogen-bond donors (Lipinski definition) is 3. The number of fused-ring (bicyclic) bond motifs is 1. The molecule has 0 aliphatic carbocycles. The average molecular weight is 459 g/mol. The summed E-state index contributed by atoms with van der Waals surface area (Å²) in [6.07, 6.45) is 0.964. The van der Waals surface area contributed by atoms with E-state index in [0.717, 1.165) is 46.0 Å². The van der Waals surface area contributed by atoms with Crippen LogP contribution in [0.25, 0.3) is 11.1 Å². The molecule has 5 heteroatoms. The number of quaternary nitrogens is 1. The maximum atomic E-state index is 10.0. The van der Waals surface area contributed by atoms with Gasteiger partial charge >= 0.3 is 0 Å². The van der Waals surface area contributed by atoms with Gasteiger partial charge in [0.15, 0.2) is 0 Å². The van der Waals surface area contributed by atoms with Crippen LogP contribution in [0.3, 0.4) is 0 Å². The zero-order chi connectivity index (χ0) is 23.7. The topological polar surface area (TPSA) is 63.4 Å². The molecule has 0 saturated carbocycles. The van der Waals surface area contributed by atoms with Crippen LogP contribution in [0.5, 0.6) is 23.0 Å². The van der Waals surface area contributed by atoms with Crippen molar-refractivity contribution in [3.05, 3.63) is 83.4 Å². The van der Waals surface area contributed by atoms with Gasteiger partial charge in [0.1, 0.15) is 42.3 Å². The summed E-state index contributed by atoms with van der Waals surface area (Å²) in [6.45, 7) is 8.63. The molecular formula is C29H32NO4+. The number of nitrogens with one attached hydrogen (secondary N) is 1. The highest BCUT2D eigenvalue weighted by molar-refractivity contribution is 5.95. The third-order valence-electron chi connectivity index (χ3n) is 6.99. The van der Waals surface area contributed by atoms with Crippen LogP contribution in [0.2, 0.25) is 0 Å². The van der Waals surface area contributed by atoms with E-state index in [1.807, 2.05) is 42.5 Å². The van der Waals surface area contributed by atoms with E-state index < -0.39 is 0 Å². The number of benzene rings is 3. The Kier molecular flexibility index (Phi) is 6.20. The van der Waals surface area contributed by atoms with E-state index in [-0.39, 0.29) is 17.6 Å². The Bertz CT molecular complexity index is 1180. The van der Waals surface area contributed by atoms with E-state index in [1.54, 1.807) is 29.2 Å². The van der Waals surface area contributed by atoms with Crippen molar-refractivity contribution in [1.29, 1.82) is 0 Å². The number of ether oxygens (including phenoxy) is 2. The fourth-order valence-corrected chi connectivity index (χ4v) is 5.12. The van der Waals surface area contributed by atoms with Crippen LogP contribution >= 0.6 is 0 Å². The molecule has 0 spiro atoms. The molecule has 0 radical (unpaired) electrons. The third-order valence-corrected chi connectivity index (χ3v) is 6.99. The van der Waals surface area contributed by atoms with Crippen LogP contribution in [0, 0.1) is 5.92 Å². The summed E-state index contributed by atoms with van der Waals surface area (Å²) in [5, 5.41) is 19.8. The smallest absolute Gasteiger partial charge is 0.150 e. The number of rotatable bonds is 6. The van der Waals surface area contributed by atoms with Crippen molar-refractivity contribution in [2.45, 2.75) is 26.4 Å². The van der Waals surface area contributed by atoms with Crippen molar-refractivity contribution in [3.63, 3.8) is 0 Å². The SMILES string of the molecule is CC1=C(c2ccc(O)cc2)[C@H](c2ccc(OCC[NH+]3CC[C@@H](C)C3)cc2)Oc2cc(O)ccc21. The van der Waals surface area contributed by atoms with Crippen LogP contribution in [0.4, 0.5) is 0 Å². The van der Waals surface area contributed by atoms with Gasteiger partial charge in [-0.15, -0.1) is 0 Å². The van der Waals surface area contributed by atoms with Crippen molar-refractivity contribution >= 4 is 11.1 Å². The van der Waals surface area contributed by atoms with Crippen LogP contribution < -0.4 is 14.4 Å². The molecule has 34 heavy (non-hydrogen) atoms. The lowest BCUT2D eigenvalue weighted by Crippen LogP contribution is -3.10. The number of likely N-dealkylation sites (tertiary alicyclic amines) is 1. The fourth-order valence-electron chi connectivity index (χ4n) is 5.12. The molecule has 2 aliphatic rings. The van der Waals surface area contributed by atoms with Gasteiger partial charge in [-0.3, -0.25) is 0 Å². The summed E-state index contributed by atoms with van der Waals surface area (Å²) < 4.78 is 12.5. The first kappa shape index (κ1) is 22.4. The Morgan fingerprint density at radius 2 is 1.71 bits per heavy atom. The van der Waals surface area contributed by atoms with E-state index in [1.165, 1.54) is 19.5 Å². The predicted molar refractivity (Wildman–Crippen MR) is 133 cm³/mol. The highest BCUT2D eigenvalue weighted by Crippen LogP contribution is 2.47. The van der Waals surface area contributed by atoms with Gasteiger partial charge < -0.3 is 24.6 Å². The highest BCUT2D eigenvalue weighted by Gasteiger charge is 2.29. The van der Waals surface area contributed by atoms with E-state index in [2.05, 4.69) is 13.8 Å². The lowest BCUT2D eigenvalue weighted by atomic mass is 9.86. The zero-order valence-corrected chi connectivity index (χ0v) is 19.8. The maximum absolute atomic E-state index is 10.0. The summed E-state index contributed by atoms with van der Waals surface area (Å²) >= 11 is 0. The molecule has 1 saturated heterocycles. The zero-order valence-electron chi connectivity index (χ0n) is 19.8. The molecule has 3 N–H and O–H groups in total. The number of aromatic hydroxyl groups is 2. The van der Waals surface area contributed by atoms with Crippen molar-refractivity contribution in [2.24, 2.45) is 5.92 Å². The number of hydrogen-bond acceptors (Lipinski definition) is 4. The van der Waals surface area contributed by atoms with Gasteiger partial charge in [-0.25, -0.2) is 0 Å². The molecule has 176 valence electrons. The van der Waals surface area contributed by atoms with Crippen molar-refractivity contribution in [3.8, 4) is 23.0 Å². The quantitative estimate of drug-likeness (QED) is 0.510. The van der Waals surface area contributed by atoms with Gasteiger partial charge in [-0.2, -0.15) is 0 Å². The first-order chi connectivity index (χ1) is 16.5. The average Bonchev–Trinajstić information content (AvgIpc) is 3.25. The van der Waals surface area contributed by atoms with Crippen molar-refractivity contribution in [2.75, 3.05) is 26.2 Å². The molecule has 5 nitrogen and oxygen atoms in total. The first-order valence-electron chi connectivity index (χ1n) is 12.0. The lowest BCUT2D eigenvalue weighted by molar-refractivity contribution is -0.888. The Morgan fingerprint density at radius 3 is 2.41 bits per heavy atom. The molecule has 3 atom stereocenters. The normalized spacial score (nSPS) is 21.8. The van der Waals surface area contributed by atoms with Gasteiger partial charge in [-0.05, 0) is 60.0 Å². The second-order valence-electron chi connectivity index (χ2n) is 9.53. The van der Waals surface area contributed by atoms with Crippen molar-refractivity contribution < 1.29 is 24.6 Å². The molecule has 1 fully saturated rings. The van der Waals surface area contributed by atoms with E-state index >= 15 is 0 Å². The summed E-state index contributed by atoms with van der Waals surface area (Å²) in [5.41, 5.74) is 5.07. The Hall–Kier alpha value is -3.44. The van der Waals surface area contributed by atoms with Crippen molar-refractivity contribution in [1.82, 2.24) is 0 Å². The van der Waals surface area contributed by atoms with Gasteiger partial charge in [0.2, 0.25) is 0 Å². The molecule has 2 heterocycles. The Morgan fingerprint density at radius 1 is 0.971 bits per heavy atom. The summed E-state index contributed by atoms with van der Waals surface area (Å²) in [5.74, 6) is 2.74. The minimum absolute atomic E-state index is 0.177.